The lowest BCUT2D eigenvalue weighted by Crippen LogP contribution is -2.43. The Labute approximate surface area is 103 Å². The summed E-state index contributed by atoms with van der Waals surface area (Å²) in [5.41, 5.74) is 1.82. The highest BCUT2D eigenvalue weighted by molar-refractivity contribution is 5.22. The van der Waals surface area contributed by atoms with Crippen molar-refractivity contribution in [3.8, 4) is 0 Å². The average molecular weight is 229 g/mol. The molecule has 0 N–H and O–H groups in total. The van der Waals surface area contributed by atoms with Crippen LogP contribution in [0.4, 0.5) is 0 Å². The molecule has 2 aliphatic heterocycles. The third-order valence-corrected chi connectivity index (χ3v) is 4.83. The second kappa shape index (κ2) is 3.56. The van der Waals surface area contributed by atoms with Gasteiger partial charge in [0.05, 0.1) is 12.1 Å². The van der Waals surface area contributed by atoms with E-state index in [-0.39, 0.29) is 0 Å². The summed E-state index contributed by atoms with van der Waals surface area (Å²) in [7, 11) is 0. The van der Waals surface area contributed by atoms with Crippen LogP contribution in [0.5, 0.6) is 0 Å². The number of hydrogen-bond donors (Lipinski definition) is 0. The van der Waals surface area contributed by atoms with Crippen LogP contribution in [0.25, 0.3) is 0 Å². The van der Waals surface area contributed by atoms with E-state index in [1.54, 1.807) is 0 Å². The van der Waals surface area contributed by atoms with Crippen LogP contribution in [0, 0.1) is 0 Å². The van der Waals surface area contributed by atoms with Gasteiger partial charge >= 0.3 is 0 Å². The molecule has 2 unspecified atom stereocenters. The summed E-state index contributed by atoms with van der Waals surface area (Å²) < 4.78 is 0. The van der Waals surface area contributed by atoms with Crippen LogP contribution in [-0.2, 0) is 4.84 Å². The number of hydroxylamine groups is 2. The van der Waals surface area contributed by atoms with E-state index in [9.17, 15) is 0 Å². The van der Waals surface area contributed by atoms with Crippen molar-refractivity contribution in [1.82, 2.24) is 5.06 Å². The molecule has 2 saturated heterocycles. The van der Waals surface area contributed by atoms with E-state index < -0.39 is 0 Å². The van der Waals surface area contributed by atoms with Gasteiger partial charge < -0.3 is 0 Å². The Hall–Kier alpha value is -0.860. The van der Waals surface area contributed by atoms with Crippen molar-refractivity contribution in [1.29, 1.82) is 0 Å². The van der Waals surface area contributed by atoms with Crippen LogP contribution in [-0.4, -0.2) is 16.7 Å². The van der Waals surface area contributed by atoms with Crippen LogP contribution in [0.15, 0.2) is 30.3 Å². The number of rotatable bonds is 1. The monoisotopic (exact) mass is 229 g/mol. The molecule has 4 rings (SSSR count). The number of nitrogens with zero attached hydrogens (tertiary/aromatic N) is 1. The summed E-state index contributed by atoms with van der Waals surface area (Å²) in [5.74, 6) is 0. The van der Waals surface area contributed by atoms with Crippen LogP contribution < -0.4 is 0 Å². The maximum atomic E-state index is 6.11. The molecule has 2 heteroatoms. The summed E-state index contributed by atoms with van der Waals surface area (Å²) in [6.07, 6.45) is 8.39. The average Bonchev–Trinajstić information content (AvgIpc) is 3.06. The van der Waals surface area contributed by atoms with Gasteiger partial charge in [-0.1, -0.05) is 43.2 Å². The highest BCUT2D eigenvalue weighted by Gasteiger charge is 2.56. The Morgan fingerprint density at radius 3 is 2.59 bits per heavy atom. The minimum Gasteiger partial charge on any atom is -0.294 e. The summed E-state index contributed by atoms with van der Waals surface area (Å²) in [4.78, 5) is 6.11. The Kier molecular flexibility index (Phi) is 2.12. The molecule has 90 valence electrons. The lowest BCUT2D eigenvalue weighted by Gasteiger charge is -2.38. The second-order valence-corrected chi connectivity index (χ2v) is 5.85. The number of hydrogen-bond acceptors (Lipinski definition) is 2. The highest BCUT2D eigenvalue weighted by atomic mass is 16.7. The van der Waals surface area contributed by atoms with Gasteiger partial charge in [-0.3, -0.25) is 4.84 Å². The molecule has 1 aliphatic carbocycles. The molecule has 0 aromatic heterocycles. The molecular formula is C15H19NO. The predicted molar refractivity (Wildman–Crippen MR) is 66.3 cm³/mol. The minimum absolute atomic E-state index is 0.392. The predicted octanol–water partition coefficient (Wildman–Crippen LogP) is 3.45. The molecule has 3 fully saturated rings. The largest absolute Gasteiger partial charge is 0.294 e. The fourth-order valence-corrected chi connectivity index (χ4v) is 4.10. The van der Waals surface area contributed by atoms with Crippen molar-refractivity contribution in [3.63, 3.8) is 0 Å². The van der Waals surface area contributed by atoms with Gasteiger partial charge in [0.2, 0.25) is 0 Å². The smallest absolute Gasteiger partial charge is 0.0831 e. The van der Waals surface area contributed by atoms with Gasteiger partial charge in [-0.25, -0.2) is 0 Å². The maximum absolute atomic E-state index is 6.11. The summed E-state index contributed by atoms with van der Waals surface area (Å²) in [6.45, 7) is 0. The molecule has 1 spiro atoms. The molecule has 0 amide bonds. The van der Waals surface area contributed by atoms with Crippen LogP contribution in [0.3, 0.4) is 0 Å². The van der Waals surface area contributed by atoms with Crippen LogP contribution in [0.1, 0.15) is 50.1 Å². The molecular weight excluding hydrogens is 210 g/mol. The van der Waals surface area contributed by atoms with Crippen molar-refractivity contribution in [2.45, 2.75) is 56.2 Å². The number of fused-ring (bicyclic) bond motifs is 3. The van der Waals surface area contributed by atoms with Crippen molar-refractivity contribution in [3.05, 3.63) is 35.9 Å². The molecule has 1 saturated carbocycles. The molecule has 2 heterocycles. The number of piperidine rings is 1. The molecule has 0 radical (unpaired) electrons. The van der Waals surface area contributed by atoms with E-state index in [0.29, 0.717) is 17.7 Å². The van der Waals surface area contributed by atoms with E-state index in [0.717, 1.165) is 0 Å². The van der Waals surface area contributed by atoms with Crippen molar-refractivity contribution < 1.29 is 4.84 Å². The van der Waals surface area contributed by atoms with Gasteiger partial charge in [0.15, 0.2) is 0 Å². The SMILES string of the molecule is c1ccc(C2C[C@@H]3CC4(CCCC4)N2O3)cc1. The van der Waals surface area contributed by atoms with Gasteiger partial charge in [0.1, 0.15) is 0 Å². The molecule has 17 heavy (non-hydrogen) atoms. The second-order valence-electron chi connectivity index (χ2n) is 5.85. The number of benzene rings is 1. The summed E-state index contributed by atoms with van der Waals surface area (Å²) in [5, 5.41) is 2.38. The lowest BCUT2D eigenvalue weighted by atomic mass is 9.82. The normalized spacial score (nSPS) is 38.0. The molecule has 2 nitrogen and oxygen atoms in total. The van der Waals surface area contributed by atoms with Gasteiger partial charge in [0.25, 0.3) is 0 Å². The maximum Gasteiger partial charge on any atom is 0.0831 e. The van der Waals surface area contributed by atoms with E-state index >= 15 is 0 Å². The zero-order chi connectivity index (χ0) is 11.3. The van der Waals surface area contributed by atoms with Gasteiger partial charge in [-0.2, -0.15) is 5.06 Å². The van der Waals surface area contributed by atoms with E-state index in [1.165, 1.54) is 44.1 Å². The zero-order valence-corrected chi connectivity index (χ0v) is 10.1. The van der Waals surface area contributed by atoms with E-state index in [2.05, 4.69) is 35.4 Å². The first-order valence-corrected chi connectivity index (χ1v) is 6.88. The van der Waals surface area contributed by atoms with Gasteiger partial charge in [-0.15, -0.1) is 0 Å². The third-order valence-electron chi connectivity index (χ3n) is 4.83. The standard InChI is InChI=1S/C15H19NO/c1-2-6-12(7-3-1)14-10-13-11-15(16(14)17-13)8-4-5-9-15/h1-3,6-7,13-14H,4-5,8-11H2/t13-,14?/m1/s1. The zero-order valence-electron chi connectivity index (χ0n) is 10.1. The molecule has 1 aromatic carbocycles. The molecule has 3 atom stereocenters. The topological polar surface area (TPSA) is 12.5 Å². The summed E-state index contributed by atoms with van der Waals surface area (Å²) in [6, 6.07) is 11.4. The van der Waals surface area contributed by atoms with Crippen molar-refractivity contribution >= 4 is 0 Å². The fraction of sp³-hybridized carbons (Fsp3) is 0.600. The molecule has 2 bridgehead atoms. The van der Waals surface area contributed by atoms with Crippen molar-refractivity contribution in [2.24, 2.45) is 0 Å². The summed E-state index contributed by atoms with van der Waals surface area (Å²) >= 11 is 0. The quantitative estimate of drug-likeness (QED) is 0.731. The third kappa shape index (κ3) is 1.40. The first-order valence-electron chi connectivity index (χ1n) is 6.88. The first-order chi connectivity index (χ1) is 8.37. The Bertz CT molecular complexity index is 410. The molecule has 1 aromatic rings. The lowest BCUT2D eigenvalue weighted by molar-refractivity contribution is -0.166. The fourth-order valence-electron chi connectivity index (χ4n) is 4.10. The van der Waals surface area contributed by atoms with E-state index in [4.69, 9.17) is 4.84 Å². The van der Waals surface area contributed by atoms with E-state index in [1.807, 2.05) is 0 Å². The van der Waals surface area contributed by atoms with Gasteiger partial charge in [-0.05, 0) is 31.2 Å². The Morgan fingerprint density at radius 2 is 1.88 bits per heavy atom. The van der Waals surface area contributed by atoms with Gasteiger partial charge in [0, 0.05) is 5.54 Å². The highest BCUT2D eigenvalue weighted by Crippen LogP contribution is 2.55. The van der Waals surface area contributed by atoms with Crippen LogP contribution in [0.2, 0.25) is 0 Å². The molecule has 3 aliphatic rings. The Balaban J connectivity index is 1.67. The minimum atomic E-state index is 0.392. The van der Waals surface area contributed by atoms with Crippen LogP contribution >= 0.6 is 0 Å². The van der Waals surface area contributed by atoms with Crippen molar-refractivity contribution in [2.75, 3.05) is 0 Å². The Morgan fingerprint density at radius 1 is 1.12 bits per heavy atom. The first kappa shape index (κ1) is 10.1.